The van der Waals surface area contributed by atoms with Crippen LogP contribution in [0.3, 0.4) is 0 Å². The van der Waals surface area contributed by atoms with Gasteiger partial charge in [-0.25, -0.2) is 4.98 Å². The van der Waals surface area contributed by atoms with Gasteiger partial charge in [0.15, 0.2) is 0 Å². The first-order valence-electron chi connectivity index (χ1n) is 12.8. The lowest BCUT2D eigenvalue weighted by Crippen LogP contribution is -2.38. The van der Waals surface area contributed by atoms with Crippen molar-refractivity contribution in [1.82, 2.24) is 14.5 Å². The fraction of sp³-hybridized carbons (Fsp3) is 0.194. The summed E-state index contributed by atoms with van der Waals surface area (Å²) in [4.78, 5) is 34.7. The number of amides is 1. The van der Waals surface area contributed by atoms with Gasteiger partial charge >= 0.3 is 0 Å². The fourth-order valence-corrected chi connectivity index (χ4v) is 5.03. The van der Waals surface area contributed by atoms with Gasteiger partial charge in [-0.2, -0.15) is 0 Å². The Balaban J connectivity index is 1.72. The standard InChI is InChI=1S/C31H27Cl2N3O3/c1-3-20-11-14-22(15-12-20)36-29(34-27-10-6-5-9-24(27)31(36)38)28(4-2)35(19-23-8-7-17-39-23)30(37)21-13-16-25(32)26(33)18-21/h5-18,28H,3-4,19H2,1-2H3. The summed E-state index contributed by atoms with van der Waals surface area (Å²) in [5.74, 6) is 0.779. The Morgan fingerprint density at radius 2 is 1.74 bits per heavy atom. The molecule has 3 aromatic carbocycles. The van der Waals surface area contributed by atoms with Gasteiger partial charge in [-0.05, 0) is 73.0 Å². The van der Waals surface area contributed by atoms with Crippen LogP contribution in [-0.2, 0) is 13.0 Å². The molecule has 0 N–H and O–H groups in total. The number of carbonyl (C=O) groups excluding carboxylic acids is 1. The van der Waals surface area contributed by atoms with Crippen molar-refractivity contribution < 1.29 is 9.21 Å². The molecule has 39 heavy (non-hydrogen) atoms. The Labute approximate surface area is 236 Å². The molecule has 0 aliphatic carbocycles. The first-order chi connectivity index (χ1) is 18.9. The van der Waals surface area contributed by atoms with Crippen LogP contribution >= 0.6 is 23.2 Å². The van der Waals surface area contributed by atoms with E-state index in [1.165, 1.54) is 0 Å². The van der Waals surface area contributed by atoms with Gasteiger partial charge in [0.05, 0.1) is 45.5 Å². The van der Waals surface area contributed by atoms with Crippen LogP contribution in [0.5, 0.6) is 0 Å². The molecule has 8 heteroatoms. The van der Waals surface area contributed by atoms with Crippen LogP contribution in [0.25, 0.3) is 16.6 Å². The largest absolute Gasteiger partial charge is 0.467 e. The number of fused-ring (bicyclic) bond motifs is 1. The van der Waals surface area contributed by atoms with Crippen LogP contribution in [0.4, 0.5) is 0 Å². The van der Waals surface area contributed by atoms with Crippen molar-refractivity contribution >= 4 is 40.0 Å². The number of nitrogens with zero attached hydrogens (tertiary/aromatic N) is 3. The van der Waals surface area contributed by atoms with Gasteiger partial charge in [0.2, 0.25) is 0 Å². The maximum atomic E-state index is 14.1. The normalized spacial score (nSPS) is 12.0. The third-order valence-electron chi connectivity index (χ3n) is 6.80. The van der Waals surface area contributed by atoms with Crippen molar-refractivity contribution in [2.75, 3.05) is 0 Å². The van der Waals surface area contributed by atoms with Crippen LogP contribution in [-0.4, -0.2) is 20.4 Å². The number of carbonyl (C=O) groups is 1. The van der Waals surface area contributed by atoms with Crippen LogP contribution < -0.4 is 5.56 Å². The second-order valence-corrected chi connectivity index (χ2v) is 10.0. The van der Waals surface area contributed by atoms with E-state index in [0.29, 0.717) is 45.2 Å². The maximum absolute atomic E-state index is 14.1. The molecule has 5 aromatic rings. The summed E-state index contributed by atoms with van der Waals surface area (Å²) in [5, 5.41) is 1.15. The molecule has 0 saturated carbocycles. The highest BCUT2D eigenvalue weighted by Crippen LogP contribution is 2.31. The van der Waals surface area contributed by atoms with E-state index in [1.54, 1.807) is 46.1 Å². The van der Waals surface area contributed by atoms with E-state index in [0.717, 1.165) is 12.0 Å². The highest BCUT2D eigenvalue weighted by atomic mass is 35.5. The van der Waals surface area contributed by atoms with Crippen molar-refractivity contribution in [1.29, 1.82) is 0 Å². The molecule has 0 aliphatic heterocycles. The van der Waals surface area contributed by atoms with Crippen molar-refractivity contribution in [2.24, 2.45) is 0 Å². The van der Waals surface area contributed by atoms with Crippen molar-refractivity contribution in [3.8, 4) is 5.69 Å². The van der Waals surface area contributed by atoms with Gasteiger partial charge in [-0.15, -0.1) is 0 Å². The molecule has 198 valence electrons. The van der Waals surface area contributed by atoms with Crippen molar-refractivity contribution in [2.45, 2.75) is 39.3 Å². The summed E-state index contributed by atoms with van der Waals surface area (Å²) in [6.07, 6.45) is 2.94. The summed E-state index contributed by atoms with van der Waals surface area (Å²) in [7, 11) is 0. The van der Waals surface area contributed by atoms with Gasteiger partial charge in [0.1, 0.15) is 11.6 Å². The Kier molecular flexibility index (Phi) is 7.87. The molecule has 0 fully saturated rings. The Morgan fingerprint density at radius 3 is 2.41 bits per heavy atom. The van der Waals surface area contributed by atoms with Gasteiger partial charge in [-0.1, -0.05) is 61.3 Å². The van der Waals surface area contributed by atoms with Gasteiger partial charge in [0.25, 0.3) is 11.5 Å². The van der Waals surface area contributed by atoms with E-state index in [9.17, 15) is 9.59 Å². The number of hydrogen-bond donors (Lipinski definition) is 0. The van der Waals surface area contributed by atoms with Crippen LogP contribution in [0.1, 0.15) is 53.8 Å². The number of benzene rings is 3. The molecule has 6 nitrogen and oxygen atoms in total. The minimum absolute atomic E-state index is 0.169. The molecule has 0 aliphatic rings. The maximum Gasteiger partial charge on any atom is 0.266 e. The van der Waals surface area contributed by atoms with Gasteiger partial charge in [-0.3, -0.25) is 14.2 Å². The van der Waals surface area contributed by atoms with E-state index < -0.39 is 6.04 Å². The average molecular weight is 560 g/mol. The predicted octanol–water partition coefficient (Wildman–Crippen LogP) is 7.64. The molecule has 2 aromatic heterocycles. The summed E-state index contributed by atoms with van der Waals surface area (Å²) in [6, 6.07) is 22.9. The lowest BCUT2D eigenvalue weighted by molar-refractivity contribution is 0.0624. The SMILES string of the molecule is CCc1ccc(-n2c(C(CC)N(Cc3ccco3)C(=O)c3ccc(Cl)c(Cl)c3)nc3ccccc3c2=O)cc1. The zero-order valence-corrected chi connectivity index (χ0v) is 23.1. The molecule has 0 saturated heterocycles. The predicted molar refractivity (Wildman–Crippen MR) is 155 cm³/mol. The Bertz CT molecular complexity index is 1680. The van der Waals surface area contributed by atoms with Crippen molar-refractivity contribution in [3.63, 3.8) is 0 Å². The second-order valence-electron chi connectivity index (χ2n) is 9.21. The topological polar surface area (TPSA) is 68.3 Å². The summed E-state index contributed by atoms with van der Waals surface area (Å²) >= 11 is 12.4. The zero-order valence-electron chi connectivity index (χ0n) is 21.6. The lowest BCUT2D eigenvalue weighted by atomic mass is 10.1. The number of aromatic nitrogens is 2. The molecule has 1 amide bonds. The molecule has 0 bridgehead atoms. The second kappa shape index (κ2) is 11.5. The first-order valence-corrected chi connectivity index (χ1v) is 13.6. The summed E-state index contributed by atoms with van der Waals surface area (Å²) < 4.78 is 7.25. The zero-order chi connectivity index (χ0) is 27.5. The number of hydrogen-bond acceptors (Lipinski definition) is 4. The summed E-state index contributed by atoms with van der Waals surface area (Å²) in [5.41, 5.74) is 2.58. The number of furan rings is 1. The summed E-state index contributed by atoms with van der Waals surface area (Å²) in [6.45, 7) is 4.22. The average Bonchev–Trinajstić information content (AvgIpc) is 3.48. The Hall–Kier alpha value is -3.87. The lowest BCUT2D eigenvalue weighted by Gasteiger charge is -2.32. The molecular formula is C31H27Cl2N3O3. The van der Waals surface area contributed by atoms with Crippen LogP contribution in [0, 0.1) is 0 Å². The quantitative estimate of drug-likeness (QED) is 0.196. The van der Waals surface area contributed by atoms with E-state index in [4.69, 9.17) is 32.6 Å². The van der Waals surface area contributed by atoms with Crippen molar-refractivity contribution in [3.05, 3.63) is 128 Å². The van der Waals surface area contributed by atoms with Gasteiger partial charge < -0.3 is 9.32 Å². The fourth-order valence-electron chi connectivity index (χ4n) is 4.73. The number of para-hydroxylation sites is 1. The van der Waals surface area contributed by atoms with E-state index in [2.05, 4.69) is 6.92 Å². The number of halogens is 2. The molecule has 1 atom stereocenters. The third kappa shape index (κ3) is 5.35. The highest BCUT2D eigenvalue weighted by molar-refractivity contribution is 6.42. The smallest absolute Gasteiger partial charge is 0.266 e. The third-order valence-corrected chi connectivity index (χ3v) is 7.54. The first kappa shape index (κ1) is 26.7. The van der Waals surface area contributed by atoms with E-state index in [-0.39, 0.29) is 23.0 Å². The molecule has 5 rings (SSSR count). The van der Waals surface area contributed by atoms with Crippen LogP contribution in [0.2, 0.25) is 10.0 Å². The van der Waals surface area contributed by atoms with E-state index in [1.807, 2.05) is 55.5 Å². The van der Waals surface area contributed by atoms with Gasteiger partial charge in [0, 0.05) is 5.56 Å². The minimum atomic E-state index is -0.569. The molecule has 1 unspecified atom stereocenters. The molecule has 2 heterocycles. The number of rotatable bonds is 8. The number of aryl methyl sites for hydroxylation is 1. The molecular weight excluding hydrogens is 533 g/mol. The Morgan fingerprint density at radius 1 is 0.974 bits per heavy atom. The monoisotopic (exact) mass is 559 g/mol. The minimum Gasteiger partial charge on any atom is -0.467 e. The highest BCUT2D eigenvalue weighted by Gasteiger charge is 2.31. The molecule has 0 radical (unpaired) electrons. The van der Waals surface area contributed by atoms with E-state index >= 15 is 0 Å². The molecule has 0 spiro atoms. The van der Waals surface area contributed by atoms with Crippen LogP contribution in [0.15, 0.2) is 94.3 Å².